The molecule has 0 radical (unpaired) electrons. The Bertz CT molecular complexity index is 631. The molecule has 0 aliphatic carbocycles. The van der Waals surface area contributed by atoms with Gasteiger partial charge in [0.1, 0.15) is 0 Å². The number of nitrogens with one attached hydrogen (secondary N) is 1. The number of halogens is 1. The molecule has 20 heavy (non-hydrogen) atoms. The smallest absolute Gasteiger partial charge is 0.234 e. The Morgan fingerprint density at radius 2 is 2.05 bits per heavy atom. The number of rotatable bonds is 4. The maximum atomic E-state index is 11.9. The van der Waals surface area contributed by atoms with Gasteiger partial charge in [-0.2, -0.15) is 0 Å². The third kappa shape index (κ3) is 4.14. The van der Waals surface area contributed by atoms with Gasteiger partial charge in [0.05, 0.1) is 5.75 Å². The number of hydrogen-bond donors (Lipinski definition) is 2. The molecule has 2 rings (SSSR count). The summed E-state index contributed by atoms with van der Waals surface area (Å²) in [6.45, 7) is 1.96. The fraction of sp³-hybridized carbons (Fsp3) is 0.133. The number of benzene rings is 2. The number of carbonyl (C=O) groups excluding carboxylic acids is 1. The fourth-order valence-electron chi connectivity index (χ4n) is 1.69. The van der Waals surface area contributed by atoms with Crippen molar-refractivity contribution in [2.24, 2.45) is 0 Å². The SMILES string of the molecule is Cc1cccc(SCC(=O)Nc2cccc(I)c2)c1N. The van der Waals surface area contributed by atoms with Crippen molar-refractivity contribution in [3.05, 3.63) is 51.6 Å². The quantitative estimate of drug-likeness (QED) is 0.467. The molecule has 0 unspecified atom stereocenters. The summed E-state index contributed by atoms with van der Waals surface area (Å²) in [6, 6.07) is 13.6. The lowest BCUT2D eigenvalue weighted by Gasteiger charge is -2.08. The highest BCUT2D eigenvalue weighted by Gasteiger charge is 2.07. The summed E-state index contributed by atoms with van der Waals surface area (Å²) in [7, 11) is 0. The number of anilines is 2. The first kappa shape index (κ1) is 15.2. The van der Waals surface area contributed by atoms with Gasteiger partial charge in [-0.15, -0.1) is 11.8 Å². The van der Waals surface area contributed by atoms with Gasteiger partial charge in [0.25, 0.3) is 0 Å². The molecular formula is C15H15IN2OS. The van der Waals surface area contributed by atoms with Crippen molar-refractivity contribution < 1.29 is 4.79 Å². The van der Waals surface area contributed by atoms with Crippen LogP contribution in [0.3, 0.4) is 0 Å². The lowest BCUT2D eigenvalue weighted by molar-refractivity contribution is -0.113. The fourth-order valence-corrected chi connectivity index (χ4v) is 3.08. The van der Waals surface area contributed by atoms with Gasteiger partial charge in [0, 0.05) is 19.8 Å². The summed E-state index contributed by atoms with van der Waals surface area (Å²) in [5.74, 6) is 0.317. The molecule has 3 N–H and O–H groups in total. The molecule has 0 saturated carbocycles. The number of para-hydroxylation sites is 1. The van der Waals surface area contributed by atoms with E-state index in [-0.39, 0.29) is 5.91 Å². The normalized spacial score (nSPS) is 10.3. The molecule has 0 aliphatic heterocycles. The van der Waals surface area contributed by atoms with Crippen molar-refractivity contribution in [2.45, 2.75) is 11.8 Å². The largest absolute Gasteiger partial charge is 0.398 e. The van der Waals surface area contributed by atoms with Crippen LogP contribution in [-0.4, -0.2) is 11.7 Å². The van der Waals surface area contributed by atoms with Crippen LogP contribution in [0.15, 0.2) is 47.4 Å². The van der Waals surface area contributed by atoms with Crippen molar-refractivity contribution in [3.8, 4) is 0 Å². The second-order valence-corrected chi connectivity index (χ2v) is 6.60. The van der Waals surface area contributed by atoms with E-state index in [0.717, 1.165) is 25.4 Å². The number of nitrogen functional groups attached to an aromatic ring is 1. The summed E-state index contributed by atoms with van der Waals surface area (Å²) in [6.07, 6.45) is 0. The van der Waals surface area contributed by atoms with E-state index in [1.165, 1.54) is 11.8 Å². The average molecular weight is 398 g/mol. The van der Waals surface area contributed by atoms with Crippen LogP contribution in [0.4, 0.5) is 11.4 Å². The van der Waals surface area contributed by atoms with E-state index < -0.39 is 0 Å². The van der Waals surface area contributed by atoms with Crippen molar-refractivity contribution in [1.82, 2.24) is 0 Å². The highest BCUT2D eigenvalue weighted by atomic mass is 127. The average Bonchev–Trinajstić information content (AvgIpc) is 2.40. The van der Waals surface area contributed by atoms with E-state index in [4.69, 9.17) is 5.73 Å². The van der Waals surface area contributed by atoms with Crippen LogP contribution in [0, 0.1) is 10.5 Å². The molecule has 2 aromatic rings. The van der Waals surface area contributed by atoms with Gasteiger partial charge in [-0.25, -0.2) is 0 Å². The minimum atomic E-state index is -0.0297. The number of nitrogens with two attached hydrogens (primary N) is 1. The van der Waals surface area contributed by atoms with E-state index in [2.05, 4.69) is 27.9 Å². The van der Waals surface area contributed by atoms with Gasteiger partial charge in [0.2, 0.25) is 5.91 Å². The van der Waals surface area contributed by atoms with E-state index >= 15 is 0 Å². The van der Waals surface area contributed by atoms with Crippen molar-refractivity contribution >= 4 is 51.6 Å². The Labute approximate surface area is 136 Å². The molecule has 0 fully saturated rings. The minimum Gasteiger partial charge on any atom is -0.398 e. The van der Waals surface area contributed by atoms with Crippen molar-refractivity contribution in [2.75, 3.05) is 16.8 Å². The predicted octanol–water partition coefficient (Wildman–Crippen LogP) is 3.91. The second-order valence-electron chi connectivity index (χ2n) is 4.33. The maximum Gasteiger partial charge on any atom is 0.234 e. The van der Waals surface area contributed by atoms with Crippen molar-refractivity contribution in [3.63, 3.8) is 0 Å². The molecule has 0 heterocycles. The summed E-state index contributed by atoms with van der Waals surface area (Å²) < 4.78 is 1.09. The molecule has 0 bridgehead atoms. The first-order chi connectivity index (χ1) is 9.56. The van der Waals surface area contributed by atoms with E-state index in [1.807, 2.05) is 49.4 Å². The molecule has 0 saturated heterocycles. The van der Waals surface area contributed by atoms with E-state index in [1.54, 1.807) is 0 Å². The Hall–Kier alpha value is -1.21. The Balaban J connectivity index is 1.94. The Morgan fingerprint density at radius 1 is 1.30 bits per heavy atom. The predicted molar refractivity (Wildman–Crippen MR) is 94.1 cm³/mol. The summed E-state index contributed by atoms with van der Waals surface area (Å²) in [4.78, 5) is 12.9. The molecule has 1 amide bonds. The molecule has 0 spiro atoms. The molecular weight excluding hydrogens is 383 g/mol. The first-order valence-corrected chi connectivity index (χ1v) is 8.16. The maximum absolute atomic E-state index is 11.9. The van der Waals surface area contributed by atoms with E-state index in [9.17, 15) is 4.79 Å². The molecule has 0 atom stereocenters. The topological polar surface area (TPSA) is 55.1 Å². The Morgan fingerprint density at radius 3 is 2.80 bits per heavy atom. The van der Waals surface area contributed by atoms with Gasteiger partial charge < -0.3 is 11.1 Å². The van der Waals surface area contributed by atoms with Gasteiger partial charge in [-0.1, -0.05) is 18.2 Å². The van der Waals surface area contributed by atoms with Crippen LogP contribution >= 0.6 is 34.4 Å². The van der Waals surface area contributed by atoms with Gasteiger partial charge in [-0.3, -0.25) is 4.79 Å². The highest BCUT2D eigenvalue weighted by Crippen LogP contribution is 2.27. The lowest BCUT2D eigenvalue weighted by Crippen LogP contribution is -2.14. The van der Waals surface area contributed by atoms with Crippen LogP contribution in [-0.2, 0) is 4.79 Å². The molecule has 5 heteroatoms. The zero-order valence-electron chi connectivity index (χ0n) is 11.0. The van der Waals surface area contributed by atoms with Crippen LogP contribution in [0.5, 0.6) is 0 Å². The summed E-state index contributed by atoms with van der Waals surface area (Å²) >= 11 is 3.67. The zero-order valence-corrected chi connectivity index (χ0v) is 14.0. The molecule has 3 nitrogen and oxygen atoms in total. The molecule has 0 aliphatic rings. The summed E-state index contributed by atoms with van der Waals surface area (Å²) in [5, 5.41) is 2.88. The molecule has 104 valence electrons. The monoisotopic (exact) mass is 398 g/mol. The van der Waals surface area contributed by atoms with Crippen LogP contribution < -0.4 is 11.1 Å². The van der Waals surface area contributed by atoms with Gasteiger partial charge in [-0.05, 0) is 59.3 Å². The summed E-state index contributed by atoms with van der Waals surface area (Å²) in [5.41, 5.74) is 8.59. The van der Waals surface area contributed by atoms with Crippen LogP contribution in [0.1, 0.15) is 5.56 Å². The number of carbonyl (C=O) groups is 1. The van der Waals surface area contributed by atoms with Crippen LogP contribution in [0.25, 0.3) is 0 Å². The molecule has 2 aromatic carbocycles. The number of hydrogen-bond acceptors (Lipinski definition) is 3. The van der Waals surface area contributed by atoms with E-state index in [0.29, 0.717) is 5.75 Å². The zero-order chi connectivity index (χ0) is 14.5. The lowest BCUT2D eigenvalue weighted by atomic mass is 10.2. The van der Waals surface area contributed by atoms with Gasteiger partial charge >= 0.3 is 0 Å². The minimum absolute atomic E-state index is 0.0297. The number of thioether (sulfide) groups is 1. The van der Waals surface area contributed by atoms with Gasteiger partial charge in [0.15, 0.2) is 0 Å². The molecule has 0 aromatic heterocycles. The van der Waals surface area contributed by atoms with Crippen molar-refractivity contribution in [1.29, 1.82) is 0 Å². The second kappa shape index (κ2) is 6.99. The number of amides is 1. The number of aryl methyl sites for hydroxylation is 1. The first-order valence-electron chi connectivity index (χ1n) is 6.09. The standard InChI is InChI=1S/C15H15IN2OS/c1-10-4-2-7-13(15(10)17)20-9-14(19)18-12-6-3-5-11(16)8-12/h2-8H,9,17H2,1H3,(H,18,19). The third-order valence-corrected chi connectivity index (χ3v) is 4.50. The van der Waals surface area contributed by atoms with Crippen LogP contribution in [0.2, 0.25) is 0 Å². The Kier molecular flexibility index (Phi) is 5.31. The highest BCUT2D eigenvalue weighted by molar-refractivity contribution is 14.1. The third-order valence-electron chi connectivity index (χ3n) is 2.75.